The van der Waals surface area contributed by atoms with Crippen molar-refractivity contribution in [3.05, 3.63) is 48.2 Å². The van der Waals surface area contributed by atoms with E-state index in [-0.39, 0.29) is 0 Å². The SMILES string of the molecule is CN(C)S(=O)(=O)Nc1ccc(Nc2ccc(C#N)cc2)nc1. The summed E-state index contributed by atoms with van der Waals surface area (Å²) < 4.78 is 26.8. The lowest BCUT2D eigenvalue weighted by Gasteiger charge is -2.13. The Balaban J connectivity index is 2.07. The largest absolute Gasteiger partial charge is 0.340 e. The molecule has 2 N–H and O–H groups in total. The first-order chi connectivity index (χ1) is 10.4. The van der Waals surface area contributed by atoms with Crippen LogP contribution >= 0.6 is 0 Å². The van der Waals surface area contributed by atoms with E-state index >= 15 is 0 Å². The van der Waals surface area contributed by atoms with Crippen LogP contribution in [0.25, 0.3) is 0 Å². The summed E-state index contributed by atoms with van der Waals surface area (Å²) in [6.45, 7) is 0. The Hall–Kier alpha value is -2.63. The number of pyridine rings is 1. The summed E-state index contributed by atoms with van der Waals surface area (Å²) in [6, 6.07) is 12.2. The number of hydrogen-bond acceptors (Lipinski definition) is 5. The molecule has 2 rings (SSSR count). The van der Waals surface area contributed by atoms with Crippen LogP contribution in [0.5, 0.6) is 0 Å². The van der Waals surface area contributed by atoms with E-state index in [0.29, 0.717) is 17.1 Å². The van der Waals surface area contributed by atoms with Gasteiger partial charge in [0.25, 0.3) is 0 Å². The summed E-state index contributed by atoms with van der Waals surface area (Å²) in [5, 5.41) is 11.8. The van der Waals surface area contributed by atoms with Crippen LogP contribution in [-0.4, -0.2) is 31.8 Å². The molecule has 0 saturated heterocycles. The van der Waals surface area contributed by atoms with Crippen molar-refractivity contribution in [2.75, 3.05) is 24.1 Å². The Morgan fingerprint density at radius 3 is 2.23 bits per heavy atom. The van der Waals surface area contributed by atoms with Gasteiger partial charge in [0.2, 0.25) is 0 Å². The molecule has 0 aliphatic heterocycles. The number of rotatable bonds is 5. The molecule has 0 radical (unpaired) electrons. The van der Waals surface area contributed by atoms with Crippen LogP contribution < -0.4 is 10.0 Å². The number of aromatic nitrogens is 1. The molecule has 2 aromatic rings. The average molecular weight is 317 g/mol. The molecule has 22 heavy (non-hydrogen) atoms. The van der Waals surface area contributed by atoms with Crippen molar-refractivity contribution in [2.45, 2.75) is 0 Å². The van der Waals surface area contributed by atoms with E-state index in [1.165, 1.54) is 20.3 Å². The normalized spacial score (nSPS) is 11.0. The van der Waals surface area contributed by atoms with E-state index in [2.05, 4.69) is 15.0 Å². The Kier molecular flexibility index (Phi) is 4.60. The maximum atomic E-state index is 11.7. The van der Waals surface area contributed by atoms with Gasteiger partial charge < -0.3 is 5.32 Å². The van der Waals surface area contributed by atoms with Gasteiger partial charge in [-0.3, -0.25) is 4.72 Å². The lowest BCUT2D eigenvalue weighted by atomic mass is 10.2. The predicted molar refractivity (Wildman–Crippen MR) is 84.9 cm³/mol. The van der Waals surface area contributed by atoms with Crippen molar-refractivity contribution in [3.8, 4) is 6.07 Å². The van der Waals surface area contributed by atoms with Gasteiger partial charge in [0.1, 0.15) is 5.82 Å². The molecule has 0 unspecified atom stereocenters. The maximum Gasteiger partial charge on any atom is 0.301 e. The van der Waals surface area contributed by atoms with E-state index < -0.39 is 10.2 Å². The number of nitrogens with one attached hydrogen (secondary N) is 2. The van der Waals surface area contributed by atoms with Crippen LogP contribution in [0, 0.1) is 11.3 Å². The molecular formula is C14H15N5O2S. The molecule has 1 aromatic heterocycles. The summed E-state index contributed by atoms with van der Waals surface area (Å²) in [5.74, 6) is 0.567. The van der Waals surface area contributed by atoms with E-state index in [9.17, 15) is 8.42 Å². The molecule has 7 nitrogen and oxygen atoms in total. The lowest BCUT2D eigenvalue weighted by molar-refractivity contribution is 0.527. The second-order valence-corrected chi connectivity index (χ2v) is 6.52. The van der Waals surface area contributed by atoms with E-state index in [0.717, 1.165) is 9.99 Å². The zero-order valence-electron chi connectivity index (χ0n) is 12.1. The molecule has 8 heteroatoms. The van der Waals surface area contributed by atoms with E-state index in [1.54, 1.807) is 36.4 Å². The predicted octanol–water partition coefficient (Wildman–Crippen LogP) is 1.92. The third-order valence-electron chi connectivity index (χ3n) is 2.78. The molecule has 0 aliphatic carbocycles. The number of nitrogens with zero attached hydrogens (tertiary/aromatic N) is 3. The molecule has 0 atom stereocenters. The third-order valence-corrected chi connectivity index (χ3v) is 4.23. The highest BCUT2D eigenvalue weighted by molar-refractivity contribution is 7.90. The first-order valence-corrected chi connectivity index (χ1v) is 7.78. The molecule has 0 bridgehead atoms. The van der Waals surface area contributed by atoms with Gasteiger partial charge in [0.05, 0.1) is 23.5 Å². The molecule has 0 saturated carbocycles. The smallest absolute Gasteiger partial charge is 0.301 e. The van der Waals surface area contributed by atoms with Gasteiger partial charge in [0.15, 0.2) is 0 Å². The second-order valence-electron chi connectivity index (χ2n) is 4.64. The summed E-state index contributed by atoms with van der Waals surface area (Å²) in [5.41, 5.74) is 1.74. The minimum atomic E-state index is -3.54. The monoisotopic (exact) mass is 317 g/mol. The summed E-state index contributed by atoms with van der Waals surface area (Å²) in [6.07, 6.45) is 1.42. The van der Waals surface area contributed by atoms with Gasteiger partial charge >= 0.3 is 10.2 Å². The molecule has 0 aliphatic rings. The van der Waals surface area contributed by atoms with Crippen LogP contribution in [0.4, 0.5) is 17.2 Å². The molecule has 0 amide bonds. The van der Waals surface area contributed by atoms with Gasteiger partial charge in [0, 0.05) is 19.8 Å². The Morgan fingerprint density at radius 2 is 1.73 bits per heavy atom. The Bertz CT molecular complexity index is 777. The van der Waals surface area contributed by atoms with Crippen molar-refractivity contribution in [3.63, 3.8) is 0 Å². The molecule has 114 valence electrons. The fourth-order valence-electron chi connectivity index (χ4n) is 1.54. The van der Waals surface area contributed by atoms with E-state index in [4.69, 9.17) is 5.26 Å². The fourth-order valence-corrected chi connectivity index (χ4v) is 2.15. The van der Waals surface area contributed by atoms with Crippen LogP contribution in [0.2, 0.25) is 0 Å². The number of hydrogen-bond donors (Lipinski definition) is 2. The summed E-state index contributed by atoms with van der Waals surface area (Å²) in [4.78, 5) is 4.14. The van der Waals surface area contributed by atoms with Crippen LogP contribution in [-0.2, 0) is 10.2 Å². The zero-order valence-corrected chi connectivity index (χ0v) is 12.9. The highest BCUT2D eigenvalue weighted by Crippen LogP contribution is 2.17. The first-order valence-electron chi connectivity index (χ1n) is 6.34. The minimum Gasteiger partial charge on any atom is -0.340 e. The topological polar surface area (TPSA) is 98.1 Å². The van der Waals surface area contributed by atoms with Gasteiger partial charge in [-0.2, -0.15) is 18.0 Å². The third kappa shape index (κ3) is 3.94. The second kappa shape index (κ2) is 6.43. The van der Waals surface area contributed by atoms with Gasteiger partial charge in [-0.25, -0.2) is 4.98 Å². The quantitative estimate of drug-likeness (QED) is 0.878. The number of benzene rings is 1. The molecule has 1 aromatic carbocycles. The van der Waals surface area contributed by atoms with Crippen molar-refractivity contribution in [1.29, 1.82) is 5.26 Å². The van der Waals surface area contributed by atoms with Gasteiger partial charge in [-0.15, -0.1) is 0 Å². The van der Waals surface area contributed by atoms with Crippen molar-refractivity contribution in [2.24, 2.45) is 0 Å². The molecular weight excluding hydrogens is 302 g/mol. The maximum absolute atomic E-state index is 11.7. The lowest BCUT2D eigenvalue weighted by Crippen LogP contribution is -2.28. The van der Waals surface area contributed by atoms with Crippen LogP contribution in [0.3, 0.4) is 0 Å². The van der Waals surface area contributed by atoms with Gasteiger partial charge in [-0.05, 0) is 36.4 Å². The highest BCUT2D eigenvalue weighted by Gasteiger charge is 2.12. The number of nitriles is 1. The molecule has 0 fully saturated rings. The zero-order chi connectivity index (χ0) is 16.2. The highest BCUT2D eigenvalue weighted by atomic mass is 32.2. The Morgan fingerprint density at radius 1 is 1.09 bits per heavy atom. The minimum absolute atomic E-state index is 0.374. The summed E-state index contributed by atoms with van der Waals surface area (Å²) in [7, 11) is -0.656. The van der Waals surface area contributed by atoms with Crippen molar-refractivity contribution in [1.82, 2.24) is 9.29 Å². The van der Waals surface area contributed by atoms with E-state index in [1.807, 2.05) is 6.07 Å². The number of anilines is 3. The standard InChI is InChI=1S/C14H15N5O2S/c1-19(2)22(20,21)18-13-7-8-14(16-10-13)17-12-5-3-11(9-15)4-6-12/h3-8,10,18H,1-2H3,(H,16,17). The Labute approximate surface area is 129 Å². The average Bonchev–Trinajstić information content (AvgIpc) is 2.49. The van der Waals surface area contributed by atoms with Crippen LogP contribution in [0.1, 0.15) is 5.56 Å². The van der Waals surface area contributed by atoms with Gasteiger partial charge in [-0.1, -0.05) is 0 Å². The van der Waals surface area contributed by atoms with Crippen molar-refractivity contribution >= 4 is 27.4 Å². The van der Waals surface area contributed by atoms with Crippen molar-refractivity contribution < 1.29 is 8.42 Å². The molecule has 1 heterocycles. The summed E-state index contributed by atoms with van der Waals surface area (Å²) >= 11 is 0. The fraction of sp³-hybridized carbons (Fsp3) is 0.143. The van der Waals surface area contributed by atoms with Crippen LogP contribution in [0.15, 0.2) is 42.6 Å². The first kappa shape index (κ1) is 15.8. The molecule has 0 spiro atoms.